The number of esters is 2. The van der Waals surface area contributed by atoms with Gasteiger partial charge in [-0.2, -0.15) is 0 Å². The van der Waals surface area contributed by atoms with E-state index in [-0.39, 0.29) is 17.4 Å². The van der Waals surface area contributed by atoms with E-state index in [2.05, 4.69) is 51.6 Å². The molecule has 0 fully saturated rings. The Morgan fingerprint density at radius 2 is 1.36 bits per heavy atom. The molecule has 2 aromatic rings. The normalized spacial score (nSPS) is 12.8. The monoisotopic (exact) mass is 468 g/mol. The maximum Gasteiger partial charge on any atom is 0.320 e. The molecule has 0 heterocycles. The van der Waals surface area contributed by atoms with Gasteiger partial charge in [-0.05, 0) is 34.2 Å². The van der Waals surface area contributed by atoms with Gasteiger partial charge in [0.05, 0.1) is 14.2 Å². The van der Waals surface area contributed by atoms with Crippen LogP contribution in [0.5, 0.6) is 0 Å². The van der Waals surface area contributed by atoms with Crippen molar-refractivity contribution in [3.63, 3.8) is 0 Å². The summed E-state index contributed by atoms with van der Waals surface area (Å²) in [5, 5.41) is 2.19. The second kappa shape index (κ2) is 12.0. The lowest BCUT2D eigenvalue weighted by Crippen LogP contribution is -2.66. The smallest absolute Gasteiger partial charge is 0.320 e. The van der Waals surface area contributed by atoms with Crippen LogP contribution in [0, 0.1) is 11.8 Å². The highest BCUT2D eigenvalue weighted by molar-refractivity contribution is 6.99. The lowest BCUT2D eigenvalue weighted by atomic mass is 9.92. The van der Waals surface area contributed by atoms with E-state index in [4.69, 9.17) is 13.9 Å². The minimum absolute atomic E-state index is 0.104. The summed E-state index contributed by atoms with van der Waals surface area (Å²) in [5.41, 5.74) is 0. The summed E-state index contributed by atoms with van der Waals surface area (Å²) in [6.07, 6.45) is 2.66. The summed E-state index contributed by atoms with van der Waals surface area (Å²) in [6.45, 7) is 10.9. The molecule has 0 aliphatic rings. The molecule has 33 heavy (non-hydrogen) atoms. The minimum Gasteiger partial charge on any atom is -0.468 e. The van der Waals surface area contributed by atoms with Crippen LogP contribution in [0.2, 0.25) is 5.04 Å². The van der Waals surface area contributed by atoms with Gasteiger partial charge in [0, 0.05) is 6.61 Å². The fraction of sp³-hybridized carbons (Fsp3) is 0.407. The first-order chi connectivity index (χ1) is 15.7. The number of hydrogen-bond acceptors (Lipinski definition) is 5. The Hall–Kier alpha value is -2.70. The van der Waals surface area contributed by atoms with Crippen LogP contribution in [0.3, 0.4) is 0 Å². The Labute approximate surface area is 198 Å². The molecule has 0 saturated carbocycles. The Morgan fingerprint density at radius 3 is 1.73 bits per heavy atom. The van der Waals surface area contributed by atoms with Crippen molar-refractivity contribution in [2.45, 2.75) is 38.7 Å². The van der Waals surface area contributed by atoms with Gasteiger partial charge in [-0.3, -0.25) is 9.59 Å². The molecule has 0 N–H and O–H groups in total. The molecular formula is C27H36O5Si. The molecule has 1 unspecified atom stereocenters. The largest absolute Gasteiger partial charge is 0.468 e. The molecule has 0 amide bonds. The Bertz CT molecular complexity index is 850. The van der Waals surface area contributed by atoms with Gasteiger partial charge in [0.1, 0.15) is 0 Å². The van der Waals surface area contributed by atoms with E-state index in [1.165, 1.54) is 24.6 Å². The highest BCUT2D eigenvalue weighted by Crippen LogP contribution is 2.37. The molecule has 0 radical (unpaired) electrons. The van der Waals surface area contributed by atoms with E-state index in [1.807, 2.05) is 36.4 Å². The van der Waals surface area contributed by atoms with Crippen LogP contribution in [0.1, 0.15) is 33.6 Å². The number of hydrogen-bond donors (Lipinski definition) is 0. The van der Waals surface area contributed by atoms with Gasteiger partial charge in [0.25, 0.3) is 8.32 Å². The van der Waals surface area contributed by atoms with Crippen LogP contribution in [0.25, 0.3) is 0 Å². The number of ether oxygens (including phenoxy) is 2. The highest BCUT2D eigenvalue weighted by Gasteiger charge is 2.50. The fourth-order valence-corrected chi connectivity index (χ4v) is 9.02. The maximum atomic E-state index is 12.3. The Morgan fingerprint density at radius 1 is 0.909 bits per heavy atom. The van der Waals surface area contributed by atoms with Gasteiger partial charge < -0.3 is 13.9 Å². The van der Waals surface area contributed by atoms with Crippen molar-refractivity contribution in [1.29, 1.82) is 0 Å². The zero-order valence-corrected chi connectivity index (χ0v) is 21.4. The fourth-order valence-electron chi connectivity index (χ4n) is 4.38. The summed E-state index contributed by atoms with van der Waals surface area (Å²) in [7, 11) is -0.175. The highest BCUT2D eigenvalue weighted by atomic mass is 28.4. The average molecular weight is 469 g/mol. The summed E-state index contributed by atoms with van der Waals surface area (Å²) in [4.78, 5) is 24.5. The molecule has 0 aromatic heterocycles. The van der Waals surface area contributed by atoms with Gasteiger partial charge in [0.15, 0.2) is 5.92 Å². The predicted molar refractivity (Wildman–Crippen MR) is 134 cm³/mol. The molecular weight excluding hydrogens is 432 g/mol. The zero-order chi connectivity index (χ0) is 24.5. The van der Waals surface area contributed by atoms with Crippen molar-refractivity contribution in [2.24, 2.45) is 11.8 Å². The van der Waals surface area contributed by atoms with Gasteiger partial charge in [0.2, 0.25) is 0 Å². The first kappa shape index (κ1) is 26.5. The van der Waals surface area contributed by atoms with Gasteiger partial charge >= 0.3 is 11.9 Å². The van der Waals surface area contributed by atoms with Crippen molar-refractivity contribution in [1.82, 2.24) is 0 Å². The van der Waals surface area contributed by atoms with E-state index in [1.54, 1.807) is 6.08 Å². The summed E-state index contributed by atoms with van der Waals surface area (Å²) >= 11 is 0. The molecule has 2 aromatic carbocycles. The predicted octanol–water partition coefficient (Wildman–Crippen LogP) is 4.11. The first-order valence-corrected chi connectivity index (χ1v) is 13.1. The molecule has 5 nitrogen and oxygen atoms in total. The van der Waals surface area contributed by atoms with Crippen LogP contribution in [-0.4, -0.2) is 41.1 Å². The molecule has 1 atom stereocenters. The summed E-state index contributed by atoms with van der Waals surface area (Å²) < 4.78 is 16.7. The maximum absolute atomic E-state index is 12.3. The molecule has 0 aliphatic carbocycles. The van der Waals surface area contributed by atoms with Crippen LogP contribution >= 0.6 is 0 Å². The lowest BCUT2D eigenvalue weighted by Gasteiger charge is -2.43. The van der Waals surface area contributed by atoms with Crippen LogP contribution in [-0.2, 0) is 23.5 Å². The molecule has 178 valence electrons. The SMILES string of the molecule is C=CCC(CO[Si](c1ccccc1)(c1ccccc1)C(C)(C)C)CC(C(=O)OC)C(=O)OC. The third-order valence-electron chi connectivity index (χ3n) is 5.99. The second-order valence-corrected chi connectivity index (χ2v) is 13.5. The van der Waals surface area contributed by atoms with Gasteiger partial charge in [-0.15, -0.1) is 6.58 Å². The first-order valence-electron chi connectivity index (χ1n) is 11.2. The number of allylic oxidation sites excluding steroid dienone is 1. The van der Waals surface area contributed by atoms with Crippen LogP contribution in [0.15, 0.2) is 73.3 Å². The molecule has 0 spiro atoms. The summed E-state index contributed by atoms with van der Waals surface area (Å²) in [5.74, 6) is -2.29. The lowest BCUT2D eigenvalue weighted by molar-refractivity contribution is -0.159. The van der Waals surface area contributed by atoms with E-state index >= 15 is 0 Å². The van der Waals surface area contributed by atoms with Crippen molar-refractivity contribution in [3.8, 4) is 0 Å². The van der Waals surface area contributed by atoms with Gasteiger partial charge in [-0.25, -0.2) is 0 Å². The number of benzene rings is 2. The second-order valence-electron chi connectivity index (χ2n) is 9.20. The van der Waals surface area contributed by atoms with Crippen molar-refractivity contribution in [2.75, 3.05) is 20.8 Å². The molecule has 6 heteroatoms. The van der Waals surface area contributed by atoms with Crippen molar-refractivity contribution < 1.29 is 23.5 Å². The number of methoxy groups -OCH3 is 2. The van der Waals surface area contributed by atoms with E-state index in [0.717, 1.165) is 0 Å². The third kappa shape index (κ3) is 6.21. The van der Waals surface area contributed by atoms with E-state index in [0.29, 0.717) is 13.0 Å². The quantitative estimate of drug-likeness (QED) is 0.215. The van der Waals surface area contributed by atoms with Crippen LogP contribution < -0.4 is 10.4 Å². The topological polar surface area (TPSA) is 61.8 Å². The van der Waals surface area contributed by atoms with Crippen molar-refractivity contribution in [3.05, 3.63) is 73.3 Å². The van der Waals surface area contributed by atoms with E-state index in [9.17, 15) is 9.59 Å². The molecule has 0 bridgehead atoms. The number of carbonyl (C=O) groups excluding carboxylic acids is 2. The number of rotatable bonds is 11. The van der Waals surface area contributed by atoms with Crippen molar-refractivity contribution >= 4 is 30.6 Å². The molecule has 0 aliphatic heterocycles. The molecule has 2 rings (SSSR count). The molecule has 0 saturated heterocycles. The zero-order valence-electron chi connectivity index (χ0n) is 20.4. The minimum atomic E-state index is -2.73. The van der Waals surface area contributed by atoms with E-state index < -0.39 is 26.2 Å². The summed E-state index contributed by atoms with van der Waals surface area (Å²) in [6, 6.07) is 20.7. The van der Waals surface area contributed by atoms with Crippen LogP contribution in [0.4, 0.5) is 0 Å². The average Bonchev–Trinajstić information content (AvgIpc) is 2.82. The standard InChI is InChI=1S/C27H36O5Si/c1-7-14-21(19-24(25(28)30-5)26(29)31-6)20-32-33(27(2,3)4,22-15-10-8-11-16-22)23-17-12-9-13-18-23/h7-13,15-18,21,24H,1,14,19-20H2,2-6H3. The third-order valence-corrected chi connectivity index (χ3v) is 11.0. The Balaban J connectivity index is 2.47. The Kier molecular flexibility index (Phi) is 9.62. The van der Waals surface area contributed by atoms with Gasteiger partial charge in [-0.1, -0.05) is 87.5 Å². The number of carbonyl (C=O) groups is 2.